The molecule has 0 aromatic carbocycles. The lowest BCUT2D eigenvalue weighted by Gasteiger charge is -2.35. The Kier molecular flexibility index (Phi) is 5.16. The van der Waals surface area contributed by atoms with Gasteiger partial charge in [0.2, 0.25) is 0 Å². The van der Waals surface area contributed by atoms with Gasteiger partial charge in [-0.2, -0.15) is 0 Å². The molecule has 1 atom stereocenters. The highest BCUT2D eigenvalue weighted by Gasteiger charge is 2.22. The summed E-state index contributed by atoms with van der Waals surface area (Å²) in [6.07, 6.45) is 7.11. The molecule has 0 aromatic heterocycles. The first kappa shape index (κ1) is 11.7. The van der Waals surface area contributed by atoms with E-state index in [9.17, 15) is 4.79 Å². The molecule has 1 aliphatic rings. The smallest absolute Gasteiger partial charge is 0.123 e. The highest BCUT2D eigenvalue weighted by Crippen LogP contribution is 2.20. The lowest BCUT2D eigenvalue weighted by Crippen LogP contribution is -2.41. The molecule has 0 spiro atoms. The van der Waals surface area contributed by atoms with Gasteiger partial charge in [-0.15, -0.1) is 0 Å². The first-order valence-electron chi connectivity index (χ1n) is 6.01. The lowest BCUT2D eigenvalue weighted by atomic mass is 9.96. The maximum Gasteiger partial charge on any atom is 0.123 e. The zero-order valence-corrected chi connectivity index (χ0v) is 9.54. The van der Waals surface area contributed by atoms with Crippen LogP contribution < -0.4 is 0 Å². The second-order valence-electron chi connectivity index (χ2n) is 4.36. The van der Waals surface area contributed by atoms with Crippen LogP contribution in [0.15, 0.2) is 0 Å². The van der Waals surface area contributed by atoms with Crippen molar-refractivity contribution in [1.82, 2.24) is 4.90 Å². The highest BCUT2D eigenvalue weighted by atomic mass is 16.1. The fourth-order valence-corrected chi connectivity index (χ4v) is 2.40. The van der Waals surface area contributed by atoms with E-state index in [4.69, 9.17) is 0 Å². The van der Waals surface area contributed by atoms with E-state index in [1.165, 1.54) is 19.3 Å². The predicted octanol–water partition coefficient (Wildman–Crippen LogP) is 2.48. The molecule has 2 nitrogen and oxygen atoms in total. The molecule has 0 bridgehead atoms. The van der Waals surface area contributed by atoms with Crippen LogP contribution in [0.3, 0.4) is 0 Å². The first-order chi connectivity index (χ1) is 6.81. The number of hydrogen-bond donors (Lipinski definition) is 0. The van der Waals surface area contributed by atoms with Gasteiger partial charge in [0.1, 0.15) is 6.29 Å². The van der Waals surface area contributed by atoms with Gasteiger partial charge in [-0.3, -0.25) is 0 Å². The number of nitrogens with zero attached hydrogens (tertiary/aromatic N) is 1. The van der Waals surface area contributed by atoms with Crippen LogP contribution in [0, 0.1) is 5.92 Å². The third kappa shape index (κ3) is 3.09. The van der Waals surface area contributed by atoms with Gasteiger partial charge in [-0.1, -0.05) is 20.3 Å². The largest absolute Gasteiger partial charge is 0.303 e. The van der Waals surface area contributed by atoms with Crippen molar-refractivity contribution in [2.45, 2.75) is 52.0 Å². The average molecular weight is 197 g/mol. The first-order valence-corrected chi connectivity index (χ1v) is 6.01. The molecule has 0 aliphatic carbocycles. The Morgan fingerprint density at radius 3 is 2.43 bits per heavy atom. The van der Waals surface area contributed by atoms with Crippen molar-refractivity contribution in [1.29, 1.82) is 0 Å². The van der Waals surface area contributed by atoms with E-state index in [2.05, 4.69) is 18.7 Å². The maximum atomic E-state index is 10.6. The molecule has 1 fully saturated rings. The Bertz CT molecular complexity index is 162. The summed E-state index contributed by atoms with van der Waals surface area (Å²) in [5.41, 5.74) is 0. The fourth-order valence-electron chi connectivity index (χ4n) is 2.40. The van der Waals surface area contributed by atoms with Crippen LogP contribution in [0.2, 0.25) is 0 Å². The molecule has 1 rings (SSSR count). The second kappa shape index (κ2) is 6.18. The molecular formula is C12H23NO. The minimum absolute atomic E-state index is 0.338. The van der Waals surface area contributed by atoms with E-state index in [0.717, 1.165) is 38.3 Å². The third-order valence-electron chi connectivity index (χ3n) is 3.38. The minimum Gasteiger partial charge on any atom is -0.303 e. The normalized spacial score (nSPS) is 22.1. The Hall–Kier alpha value is -0.370. The number of piperidine rings is 1. The van der Waals surface area contributed by atoms with Crippen LogP contribution in [0.4, 0.5) is 0 Å². The van der Waals surface area contributed by atoms with E-state index < -0.39 is 0 Å². The Morgan fingerprint density at radius 2 is 2.00 bits per heavy atom. The molecule has 2 heteroatoms. The van der Waals surface area contributed by atoms with Crippen molar-refractivity contribution in [2.75, 3.05) is 13.1 Å². The summed E-state index contributed by atoms with van der Waals surface area (Å²) < 4.78 is 0. The minimum atomic E-state index is 0.338. The Morgan fingerprint density at radius 1 is 1.36 bits per heavy atom. The molecular weight excluding hydrogens is 174 g/mol. The molecule has 1 aliphatic heterocycles. The van der Waals surface area contributed by atoms with Gasteiger partial charge in [-0.05, 0) is 38.8 Å². The number of hydrogen-bond acceptors (Lipinski definition) is 2. The SMILES string of the molecule is CCCC(CC)N1CCC(C=O)CC1. The third-order valence-corrected chi connectivity index (χ3v) is 3.38. The predicted molar refractivity (Wildman–Crippen MR) is 59.3 cm³/mol. The quantitative estimate of drug-likeness (QED) is 0.631. The van der Waals surface area contributed by atoms with Crippen LogP contribution in [0.5, 0.6) is 0 Å². The van der Waals surface area contributed by atoms with Gasteiger partial charge in [0.05, 0.1) is 0 Å². The molecule has 1 saturated heterocycles. The second-order valence-corrected chi connectivity index (χ2v) is 4.36. The summed E-state index contributed by atoms with van der Waals surface area (Å²) >= 11 is 0. The van der Waals surface area contributed by atoms with Gasteiger partial charge in [0, 0.05) is 12.0 Å². The zero-order chi connectivity index (χ0) is 10.4. The average Bonchev–Trinajstić information content (AvgIpc) is 2.26. The van der Waals surface area contributed by atoms with Crippen molar-refractivity contribution >= 4 is 6.29 Å². The highest BCUT2D eigenvalue weighted by molar-refractivity contribution is 5.53. The van der Waals surface area contributed by atoms with Gasteiger partial charge < -0.3 is 9.69 Å². The standard InChI is InChI=1S/C12H23NO/c1-3-5-12(4-2)13-8-6-11(10-14)7-9-13/h10-12H,3-9H2,1-2H3. The molecule has 1 unspecified atom stereocenters. The summed E-state index contributed by atoms with van der Waals surface area (Å²) in [6, 6.07) is 0.757. The molecule has 0 saturated carbocycles. The number of likely N-dealkylation sites (tertiary alicyclic amines) is 1. The summed E-state index contributed by atoms with van der Waals surface area (Å²) in [5.74, 6) is 0.338. The van der Waals surface area contributed by atoms with Crippen LogP contribution in [-0.2, 0) is 4.79 Å². The van der Waals surface area contributed by atoms with Gasteiger partial charge in [-0.25, -0.2) is 0 Å². The number of aldehydes is 1. The molecule has 0 N–H and O–H groups in total. The molecule has 14 heavy (non-hydrogen) atoms. The van der Waals surface area contributed by atoms with E-state index in [1.54, 1.807) is 0 Å². The Labute approximate surface area is 87.7 Å². The number of carbonyl (C=O) groups is 1. The summed E-state index contributed by atoms with van der Waals surface area (Å²) in [7, 11) is 0. The van der Waals surface area contributed by atoms with Crippen LogP contribution in [0.1, 0.15) is 46.0 Å². The van der Waals surface area contributed by atoms with Crippen molar-refractivity contribution in [3.8, 4) is 0 Å². The van der Waals surface area contributed by atoms with Crippen LogP contribution in [-0.4, -0.2) is 30.3 Å². The molecule has 0 amide bonds. The summed E-state index contributed by atoms with van der Waals surface area (Å²) in [5, 5.41) is 0. The monoisotopic (exact) mass is 197 g/mol. The van der Waals surface area contributed by atoms with Crippen LogP contribution >= 0.6 is 0 Å². The number of rotatable bonds is 5. The van der Waals surface area contributed by atoms with E-state index in [0.29, 0.717) is 5.92 Å². The van der Waals surface area contributed by atoms with Crippen molar-refractivity contribution in [3.05, 3.63) is 0 Å². The van der Waals surface area contributed by atoms with E-state index >= 15 is 0 Å². The maximum absolute atomic E-state index is 10.6. The molecule has 82 valence electrons. The van der Waals surface area contributed by atoms with E-state index in [-0.39, 0.29) is 0 Å². The van der Waals surface area contributed by atoms with Gasteiger partial charge >= 0.3 is 0 Å². The summed E-state index contributed by atoms with van der Waals surface area (Å²) in [6.45, 7) is 6.77. The van der Waals surface area contributed by atoms with E-state index in [1.807, 2.05) is 0 Å². The molecule has 0 aromatic rings. The van der Waals surface area contributed by atoms with Crippen molar-refractivity contribution in [2.24, 2.45) is 5.92 Å². The Balaban J connectivity index is 2.34. The van der Waals surface area contributed by atoms with Crippen molar-refractivity contribution < 1.29 is 4.79 Å². The van der Waals surface area contributed by atoms with Crippen LogP contribution in [0.25, 0.3) is 0 Å². The zero-order valence-electron chi connectivity index (χ0n) is 9.54. The molecule has 1 heterocycles. The topological polar surface area (TPSA) is 20.3 Å². The van der Waals surface area contributed by atoms with Gasteiger partial charge in [0.15, 0.2) is 0 Å². The summed E-state index contributed by atoms with van der Waals surface area (Å²) in [4.78, 5) is 13.2. The number of carbonyl (C=O) groups excluding carboxylic acids is 1. The lowest BCUT2D eigenvalue weighted by molar-refractivity contribution is -0.112. The fraction of sp³-hybridized carbons (Fsp3) is 0.917. The van der Waals surface area contributed by atoms with Gasteiger partial charge in [0.25, 0.3) is 0 Å². The molecule has 0 radical (unpaired) electrons. The van der Waals surface area contributed by atoms with Crippen molar-refractivity contribution in [3.63, 3.8) is 0 Å².